The van der Waals surface area contributed by atoms with E-state index in [-0.39, 0.29) is 24.6 Å². The molecule has 1 aromatic heterocycles. The normalized spacial score (nSPS) is 14.5. The minimum Gasteiger partial charge on any atom is -0.481 e. The van der Waals surface area contributed by atoms with Crippen LogP contribution in [0.5, 0.6) is 0 Å². The summed E-state index contributed by atoms with van der Waals surface area (Å²) in [6, 6.07) is 1.57. The van der Waals surface area contributed by atoms with Gasteiger partial charge < -0.3 is 14.5 Å². The number of carboxylic acid groups (broad SMARTS) is 1. The van der Waals surface area contributed by atoms with Crippen molar-refractivity contribution >= 4 is 11.9 Å². The first kappa shape index (κ1) is 12.6. The van der Waals surface area contributed by atoms with Gasteiger partial charge in [0.15, 0.2) is 5.69 Å². The Morgan fingerprint density at radius 3 is 2.78 bits per heavy atom. The smallest absolute Gasteiger partial charge is 0.305 e. The molecule has 1 fully saturated rings. The molecule has 6 heteroatoms. The summed E-state index contributed by atoms with van der Waals surface area (Å²) >= 11 is 0. The van der Waals surface area contributed by atoms with E-state index >= 15 is 0 Å². The number of aryl methyl sites for hydroxylation is 1. The van der Waals surface area contributed by atoms with Gasteiger partial charge in [-0.05, 0) is 25.7 Å². The molecule has 18 heavy (non-hydrogen) atoms. The molecule has 0 radical (unpaired) electrons. The van der Waals surface area contributed by atoms with E-state index in [0.717, 1.165) is 12.8 Å². The van der Waals surface area contributed by atoms with Crippen molar-refractivity contribution in [1.82, 2.24) is 10.1 Å². The Morgan fingerprint density at radius 1 is 1.56 bits per heavy atom. The van der Waals surface area contributed by atoms with Gasteiger partial charge in [0.1, 0.15) is 5.76 Å². The Balaban J connectivity index is 2.01. The number of nitrogens with zero attached hydrogens (tertiary/aromatic N) is 2. The van der Waals surface area contributed by atoms with Crippen molar-refractivity contribution in [1.29, 1.82) is 0 Å². The Morgan fingerprint density at radius 2 is 2.28 bits per heavy atom. The summed E-state index contributed by atoms with van der Waals surface area (Å²) in [4.78, 5) is 24.3. The fourth-order valence-electron chi connectivity index (χ4n) is 1.75. The minimum absolute atomic E-state index is 0.0463. The van der Waals surface area contributed by atoms with Crippen LogP contribution in [0.1, 0.15) is 35.5 Å². The molecule has 0 spiro atoms. The molecule has 0 atom stereocenters. The van der Waals surface area contributed by atoms with Gasteiger partial charge in [0.25, 0.3) is 5.91 Å². The summed E-state index contributed by atoms with van der Waals surface area (Å²) in [6.07, 6.45) is 2.17. The Labute approximate surface area is 105 Å². The quantitative estimate of drug-likeness (QED) is 0.825. The van der Waals surface area contributed by atoms with Crippen LogP contribution in [-0.2, 0) is 4.79 Å². The molecule has 1 aromatic rings. The van der Waals surface area contributed by atoms with E-state index in [2.05, 4.69) is 5.16 Å². The van der Waals surface area contributed by atoms with E-state index in [1.807, 2.05) is 0 Å². The highest BCUT2D eigenvalue weighted by molar-refractivity contribution is 5.92. The zero-order valence-electron chi connectivity index (χ0n) is 10.3. The standard InChI is InChI=1S/C12H16N2O4/c1-8-6-10(13-18-8)12(17)14(5-4-11(15)16)7-9-2-3-9/h6,9H,2-5,7H2,1H3,(H,15,16). The maximum Gasteiger partial charge on any atom is 0.305 e. The molecular formula is C12H16N2O4. The molecule has 1 heterocycles. The maximum absolute atomic E-state index is 12.1. The van der Waals surface area contributed by atoms with Crippen molar-refractivity contribution in [3.05, 3.63) is 17.5 Å². The number of carbonyl (C=O) groups is 2. The second-order valence-corrected chi connectivity index (χ2v) is 4.66. The molecule has 1 amide bonds. The van der Waals surface area contributed by atoms with Gasteiger partial charge in [-0.15, -0.1) is 0 Å². The average molecular weight is 252 g/mol. The number of carbonyl (C=O) groups excluding carboxylic acids is 1. The van der Waals surface area contributed by atoms with Gasteiger partial charge in [0.05, 0.1) is 6.42 Å². The molecular weight excluding hydrogens is 236 g/mol. The van der Waals surface area contributed by atoms with E-state index < -0.39 is 5.97 Å². The van der Waals surface area contributed by atoms with Crippen LogP contribution in [0, 0.1) is 12.8 Å². The first-order chi connectivity index (χ1) is 8.56. The van der Waals surface area contributed by atoms with Crippen LogP contribution >= 0.6 is 0 Å². The molecule has 98 valence electrons. The summed E-state index contributed by atoms with van der Waals surface area (Å²) in [5, 5.41) is 12.4. The van der Waals surface area contributed by atoms with Gasteiger partial charge in [0.2, 0.25) is 0 Å². The summed E-state index contributed by atoms with van der Waals surface area (Å²) in [6.45, 7) is 2.54. The van der Waals surface area contributed by atoms with Crippen LogP contribution in [0.4, 0.5) is 0 Å². The van der Waals surface area contributed by atoms with E-state index in [1.165, 1.54) is 0 Å². The van der Waals surface area contributed by atoms with Gasteiger partial charge >= 0.3 is 5.97 Å². The highest BCUT2D eigenvalue weighted by Crippen LogP contribution is 2.30. The van der Waals surface area contributed by atoms with Gasteiger partial charge in [-0.1, -0.05) is 5.16 Å². The van der Waals surface area contributed by atoms with Crippen molar-refractivity contribution in [2.45, 2.75) is 26.2 Å². The number of hydrogen-bond donors (Lipinski definition) is 1. The lowest BCUT2D eigenvalue weighted by atomic mass is 10.2. The summed E-state index contributed by atoms with van der Waals surface area (Å²) in [7, 11) is 0. The second kappa shape index (κ2) is 5.20. The second-order valence-electron chi connectivity index (χ2n) is 4.66. The number of aromatic nitrogens is 1. The summed E-state index contributed by atoms with van der Waals surface area (Å²) in [5.41, 5.74) is 0.249. The average Bonchev–Trinajstić information content (AvgIpc) is 3.03. The molecule has 0 aromatic carbocycles. The predicted molar refractivity (Wildman–Crippen MR) is 62.1 cm³/mol. The van der Waals surface area contributed by atoms with Crippen molar-refractivity contribution < 1.29 is 19.2 Å². The van der Waals surface area contributed by atoms with Gasteiger partial charge in [-0.2, -0.15) is 0 Å². The predicted octanol–water partition coefficient (Wildman–Crippen LogP) is 1.31. The molecule has 1 aliphatic rings. The highest BCUT2D eigenvalue weighted by atomic mass is 16.5. The Hall–Kier alpha value is -1.85. The van der Waals surface area contributed by atoms with E-state index in [4.69, 9.17) is 9.63 Å². The topological polar surface area (TPSA) is 83.6 Å². The fraction of sp³-hybridized carbons (Fsp3) is 0.583. The molecule has 0 saturated heterocycles. The van der Waals surface area contributed by atoms with Crippen LogP contribution < -0.4 is 0 Å². The molecule has 0 bridgehead atoms. The number of carboxylic acids is 1. The zero-order chi connectivity index (χ0) is 13.1. The van der Waals surface area contributed by atoms with Crippen LogP contribution in [0.25, 0.3) is 0 Å². The van der Waals surface area contributed by atoms with E-state index in [1.54, 1.807) is 17.9 Å². The Bertz CT molecular complexity index is 451. The zero-order valence-corrected chi connectivity index (χ0v) is 10.3. The molecule has 2 rings (SSSR count). The molecule has 0 unspecified atom stereocenters. The van der Waals surface area contributed by atoms with E-state index in [0.29, 0.717) is 18.2 Å². The van der Waals surface area contributed by atoms with Crippen molar-refractivity contribution in [2.75, 3.05) is 13.1 Å². The molecule has 1 saturated carbocycles. The minimum atomic E-state index is -0.903. The van der Waals surface area contributed by atoms with Crippen LogP contribution in [0.2, 0.25) is 0 Å². The fourth-order valence-corrected chi connectivity index (χ4v) is 1.75. The van der Waals surface area contributed by atoms with Crippen LogP contribution in [0.3, 0.4) is 0 Å². The van der Waals surface area contributed by atoms with Crippen molar-refractivity contribution in [2.24, 2.45) is 5.92 Å². The first-order valence-electron chi connectivity index (χ1n) is 6.00. The molecule has 1 aliphatic carbocycles. The SMILES string of the molecule is Cc1cc(C(=O)N(CCC(=O)O)CC2CC2)no1. The number of amides is 1. The molecule has 1 N–H and O–H groups in total. The molecule has 0 aliphatic heterocycles. The third-order valence-corrected chi connectivity index (χ3v) is 2.91. The van der Waals surface area contributed by atoms with Crippen LogP contribution in [0.15, 0.2) is 10.6 Å². The van der Waals surface area contributed by atoms with Gasteiger partial charge in [-0.25, -0.2) is 0 Å². The van der Waals surface area contributed by atoms with E-state index in [9.17, 15) is 9.59 Å². The third kappa shape index (κ3) is 3.32. The number of aliphatic carboxylic acids is 1. The number of rotatable bonds is 6. The maximum atomic E-state index is 12.1. The monoisotopic (exact) mass is 252 g/mol. The lowest BCUT2D eigenvalue weighted by Crippen LogP contribution is -2.35. The van der Waals surface area contributed by atoms with Crippen molar-refractivity contribution in [3.63, 3.8) is 0 Å². The lowest BCUT2D eigenvalue weighted by molar-refractivity contribution is -0.137. The first-order valence-corrected chi connectivity index (χ1v) is 6.00. The number of hydrogen-bond acceptors (Lipinski definition) is 4. The lowest BCUT2D eigenvalue weighted by Gasteiger charge is -2.20. The Kier molecular flexibility index (Phi) is 3.64. The largest absolute Gasteiger partial charge is 0.481 e. The molecule has 6 nitrogen and oxygen atoms in total. The summed E-state index contributed by atoms with van der Waals surface area (Å²) < 4.78 is 4.87. The summed E-state index contributed by atoms with van der Waals surface area (Å²) in [5.74, 6) is -0.0707. The van der Waals surface area contributed by atoms with Gasteiger partial charge in [-0.3, -0.25) is 9.59 Å². The van der Waals surface area contributed by atoms with Crippen molar-refractivity contribution in [3.8, 4) is 0 Å². The highest BCUT2D eigenvalue weighted by Gasteiger charge is 2.28. The van der Waals surface area contributed by atoms with Crippen LogP contribution in [-0.4, -0.2) is 40.1 Å². The van der Waals surface area contributed by atoms with Gasteiger partial charge in [0, 0.05) is 19.2 Å². The third-order valence-electron chi connectivity index (χ3n) is 2.91.